The minimum absolute atomic E-state index is 0.833. The van der Waals surface area contributed by atoms with Crippen LogP contribution in [0, 0.1) is 0 Å². The molecule has 4 nitrogen and oxygen atoms in total. The highest BCUT2D eigenvalue weighted by Crippen LogP contribution is 2.41. The molecule has 0 aliphatic carbocycles. The Morgan fingerprint density at radius 2 is 1.79 bits per heavy atom. The first kappa shape index (κ1) is 20.3. The summed E-state index contributed by atoms with van der Waals surface area (Å²) in [6.45, 7) is 7.86. The van der Waals surface area contributed by atoms with Crippen molar-refractivity contribution >= 4 is 48.2 Å². The lowest BCUT2D eigenvalue weighted by molar-refractivity contribution is 1.13. The molecule has 5 heteroatoms. The van der Waals surface area contributed by atoms with Crippen LogP contribution in [0.25, 0.3) is 53.9 Å². The number of hydrogen-bond donors (Lipinski definition) is 0. The highest BCUT2D eigenvalue weighted by molar-refractivity contribution is 7.25. The van der Waals surface area contributed by atoms with Crippen molar-refractivity contribution in [3.63, 3.8) is 0 Å². The largest absolute Gasteiger partial charge is 0.297 e. The van der Waals surface area contributed by atoms with Gasteiger partial charge in [0.1, 0.15) is 16.7 Å². The third-order valence-corrected chi connectivity index (χ3v) is 7.06. The van der Waals surface area contributed by atoms with Crippen LogP contribution in [0.15, 0.2) is 111 Å². The van der Waals surface area contributed by atoms with Gasteiger partial charge in [0.2, 0.25) is 0 Å². The fourth-order valence-corrected chi connectivity index (χ4v) is 5.64. The molecule has 4 aromatic heterocycles. The third kappa shape index (κ3) is 3.17. The Hall–Kier alpha value is -4.35. The Balaban J connectivity index is 1.73. The summed E-state index contributed by atoms with van der Waals surface area (Å²) in [6, 6.07) is 22.9. The Labute approximate surface area is 200 Å². The lowest BCUT2D eigenvalue weighted by Crippen LogP contribution is -1.99. The maximum atomic E-state index is 4.98. The van der Waals surface area contributed by atoms with E-state index < -0.39 is 0 Å². The molecule has 2 aromatic carbocycles. The fourth-order valence-electron chi connectivity index (χ4n) is 4.40. The predicted octanol–water partition coefficient (Wildman–Crippen LogP) is 7.61. The molecule has 0 bridgehead atoms. The van der Waals surface area contributed by atoms with Crippen molar-refractivity contribution < 1.29 is 0 Å². The highest BCUT2D eigenvalue weighted by atomic mass is 32.1. The van der Waals surface area contributed by atoms with Crippen molar-refractivity contribution in [3.05, 3.63) is 116 Å². The zero-order valence-electron chi connectivity index (χ0n) is 18.3. The van der Waals surface area contributed by atoms with Gasteiger partial charge in [0, 0.05) is 21.0 Å². The van der Waals surface area contributed by atoms with Gasteiger partial charge in [0.25, 0.3) is 0 Å². The van der Waals surface area contributed by atoms with Crippen LogP contribution in [0.5, 0.6) is 0 Å². The molecule has 4 heterocycles. The molecule has 0 amide bonds. The first-order valence-corrected chi connectivity index (χ1v) is 11.7. The molecule has 0 aliphatic rings. The average molecular weight is 457 g/mol. The van der Waals surface area contributed by atoms with Crippen molar-refractivity contribution in [2.75, 3.05) is 0 Å². The zero-order valence-corrected chi connectivity index (χ0v) is 19.2. The zero-order chi connectivity index (χ0) is 23.1. The minimum Gasteiger partial charge on any atom is -0.297 e. The van der Waals surface area contributed by atoms with Crippen LogP contribution in [0.2, 0.25) is 0 Å². The van der Waals surface area contributed by atoms with Crippen molar-refractivity contribution in [1.29, 1.82) is 0 Å². The Bertz CT molecular complexity index is 1740. The lowest BCUT2D eigenvalue weighted by Gasteiger charge is -2.12. The Morgan fingerprint density at radius 1 is 0.971 bits per heavy atom. The van der Waals surface area contributed by atoms with Gasteiger partial charge in [-0.05, 0) is 23.8 Å². The van der Waals surface area contributed by atoms with Crippen LogP contribution in [-0.4, -0.2) is 19.5 Å². The van der Waals surface area contributed by atoms with E-state index in [0.29, 0.717) is 0 Å². The topological polar surface area (TPSA) is 43.6 Å². The monoisotopic (exact) mass is 456 g/mol. The van der Waals surface area contributed by atoms with E-state index >= 15 is 0 Å². The van der Waals surface area contributed by atoms with Gasteiger partial charge in [-0.2, -0.15) is 0 Å². The van der Waals surface area contributed by atoms with Crippen LogP contribution in [0.3, 0.4) is 0 Å². The lowest BCUT2D eigenvalue weighted by atomic mass is 10.1. The minimum atomic E-state index is 0.833. The molecule has 34 heavy (non-hydrogen) atoms. The molecule has 0 saturated heterocycles. The van der Waals surface area contributed by atoms with E-state index in [0.717, 1.165) is 49.5 Å². The molecule has 6 rings (SSSR count). The molecule has 0 fully saturated rings. The van der Waals surface area contributed by atoms with Crippen LogP contribution in [0.4, 0.5) is 0 Å². The van der Waals surface area contributed by atoms with Gasteiger partial charge >= 0.3 is 0 Å². The molecule has 0 atom stereocenters. The molecule has 0 radical (unpaired) electrons. The molecule has 0 saturated carbocycles. The van der Waals surface area contributed by atoms with E-state index in [1.54, 1.807) is 23.7 Å². The maximum Gasteiger partial charge on any atom is 0.116 e. The summed E-state index contributed by atoms with van der Waals surface area (Å²) in [4.78, 5) is 15.2. The summed E-state index contributed by atoms with van der Waals surface area (Å²) in [5, 5.41) is 2.36. The number of hydrogen-bond acceptors (Lipinski definition) is 4. The van der Waals surface area contributed by atoms with Gasteiger partial charge in [-0.3, -0.25) is 4.57 Å². The second-order valence-electron chi connectivity index (χ2n) is 7.89. The second-order valence-corrected chi connectivity index (χ2v) is 8.92. The molecule has 0 aliphatic heterocycles. The molecule has 0 unspecified atom stereocenters. The predicted molar refractivity (Wildman–Crippen MR) is 143 cm³/mol. The van der Waals surface area contributed by atoms with Gasteiger partial charge in [0.05, 0.1) is 28.8 Å². The van der Waals surface area contributed by atoms with Crippen LogP contribution in [0.1, 0.15) is 5.69 Å². The summed E-state index contributed by atoms with van der Waals surface area (Å²) in [7, 11) is 0. The van der Waals surface area contributed by atoms with Crippen LogP contribution < -0.4 is 0 Å². The normalized spacial score (nSPS) is 11.9. The summed E-state index contributed by atoms with van der Waals surface area (Å²) >= 11 is 1.76. The standard InChI is InChI=1S/C29H20N4S/c1-3-10-19(4-2)23-15-21(16-24(32-23)20-11-6-5-7-12-20)33-25-17-30-18-31-28(25)27-22-13-8-9-14-26(22)34-29(27)33/h3-18H,1-2H2/b19-10+. The Morgan fingerprint density at radius 3 is 2.62 bits per heavy atom. The van der Waals surface area contributed by atoms with Crippen molar-refractivity contribution in [1.82, 2.24) is 19.5 Å². The number of fused-ring (bicyclic) bond motifs is 5. The first-order valence-electron chi connectivity index (χ1n) is 10.9. The fraction of sp³-hybridized carbons (Fsp3) is 0. The summed E-state index contributed by atoms with van der Waals surface area (Å²) in [5.41, 5.74) is 6.60. The summed E-state index contributed by atoms with van der Waals surface area (Å²) in [5.74, 6) is 0. The average Bonchev–Trinajstić information content (AvgIpc) is 3.42. The van der Waals surface area contributed by atoms with E-state index in [-0.39, 0.29) is 0 Å². The molecular weight excluding hydrogens is 436 g/mol. The maximum absolute atomic E-state index is 4.98. The van der Waals surface area contributed by atoms with Gasteiger partial charge in [-0.15, -0.1) is 11.3 Å². The van der Waals surface area contributed by atoms with Gasteiger partial charge in [-0.25, -0.2) is 15.0 Å². The first-order chi connectivity index (χ1) is 16.8. The third-order valence-electron chi connectivity index (χ3n) is 5.90. The Kier molecular flexibility index (Phi) is 4.90. The molecule has 0 N–H and O–H groups in total. The number of benzene rings is 2. The molecule has 6 aromatic rings. The highest BCUT2D eigenvalue weighted by Gasteiger charge is 2.20. The number of rotatable bonds is 5. The van der Waals surface area contributed by atoms with Crippen molar-refractivity contribution in [2.24, 2.45) is 0 Å². The van der Waals surface area contributed by atoms with E-state index in [1.807, 2.05) is 36.5 Å². The molecular formula is C29H20N4S. The second kappa shape index (κ2) is 8.21. The van der Waals surface area contributed by atoms with Crippen LogP contribution in [-0.2, 0) is 0 Å². The van der Waals surface area contributed by atoms with Crippen molar-refractivity contribution in [3.8, 4) is 16.9 Å². The van der Waals surface area contributed by atoms with Crippen molar-refractivity contribution in [2.45, 2.75) is 0 Å². The smallest absolute Gasteiger partial charge is 0.116 e. The number of aromatic nitrogens is 4. The number of thiophene rings is 1. The van der Waals surface area contributed by atoms with Gasteiger partial charge in [0.15, 0.2) is 0 Å². The molecule has 162 valence electrons. The SMILES string of the molecule is C=C/C=C(\C=C)c1cc(-n2c3cncnc3c3c4ccccc4sc32)cc(-c2ccccc2)n1. The number of nitrogens with zero attached hydrogens (tertiary/aromatic N) is 4. The van der Waals surface area contributed by atoms with Gasteiger partial charge < -0.3 is 0 Å². The van der Waals surface area contributed by atoms with E-state index in [1.165, 1.54) is 10.1 Å². The molecule has 0 spiro atoms. The number of allylic oxidation sites excluding steroid dienone is 4. The van der Waals surface area contributed by atoms with Crippen LogP contribution >= 0.6 is 11.3 Å². The number of pyridine rings is 1. The quantitative estimate of drug-likeness (QED) is 0.251. The van der Waals surface area contributed by atoms with Gasteiger partial charge in [-0.1, -0.05) is 79.9 Å². The summed E-state index contributed by atoms with van der Waals surface area (Å²) < 4.78 is 3.49. The summed E-state index contributed by atoms with van der Waals surface area (Å²) in [6.07, 6.45) is 9.01. The van der Waals surface area contributed by atoms with E-state index in [9.17, 15) is 0 Å². The van der Waals surface area contributed by atoms with E-state index in [4.69, 9.17) is 4.98 Å². The van der Waals surface area contributed by atoms with E-state index in [2.05, 4.69) is 76.2 Å².